The van der Waals surface area contributed by atoms with Gasteiger partial charge in [0.05, 0.1) is 6.54 Å². The Morgan fingerprint density at radius 3 is 2.71 bits per heavy atom. The number of aromatic nitrogens is 3. The second kappa shape index (κ2) is 4.98. The Bertz CT molecular complexity index is 533. The first kappa shape index (κ1) is 12.3. The molecule has 0 saturated carbocycles. The summed E-state index contributed by atoms with van der Waals surface area (Å²) < 4.78 is 3.14. The molecule has 2 rings (SSSR count). The fraction of sp³-hybridized carbons (Fsp3) is 0.333. The van der Waals surface area contributed by atoms with Crippen LogP contribution in [-0.2, 0) is 13.1 Å². The van der Waals surface area contributed by atoms with Crippen LogP contribution in [0.2, 0.25) is 0 Å². The molecular formula is C12H15BrN4. The van der Waals surface area contributed by atoms with E-state index in [4.69, 9.17) is 5.73 Å². The number of nitrogens with zero attached hydrogens (tertiary/aromatic N) is 3. The predicted octanol–water partition coefficient (Wildman–Crippen LogP) is 2.49. The maximum atomic E-state index is 5.64. The Morgan fingerprint density at radius 2 is 2.12 bits per heavy atom. The molecule has 0 atom stereocenters. The molecule has 0 radical (unpaired) electrons. The van der Waals surface area contributed by atoms with E-state index in [1.54, 1.807) is 0 Å². The quantitative estimate of drug-likeness (QED) is 0.946. The second-order valence-electron chi connectivity index (χ2n) is 3.85. The van der Waals surface area contributed by atoms with Crippen molar-refractivity contribution in [2.24, 2.45) is 5.73 Å². The average molecular weight is 295 g/mol. The molecule has 0 aliphatic heterocycles. The molecule has 0 spiro atoms. The lowest BCUT2D eigenvalue weighted by molar-refractivity contribution is 0.704. The lowest BCUT2D eigenvalue weighted by atomic mass is 10.1. The van der Waals surface area contributed by atoms with Crippen LogP contribution in [0.25, 0.3) is 11.4 Å². The van der Waals surface area contributed by atoms with Crippen LogP contribution in [0.3, 0.4) is 0 Å². The molecule has 1 aromatic carbocycles. The number of hydrogen-bond acceptors (Lipinski definition) is 3. The summed E-state index contributed by atoms with van der Waals surface area (Å²) in [5, 5.41) is 8.33. The lowest BCUT2D eigenvalue weighted by Gasteiger charge is -2.07. The minimum atomic E-state index is 0.413. The van der Waals surface area contributed by atoms with Gasteiger partial charge in [0.25, 0.3) is 0 Å². The normalized spacial score (nSPS) is 10.8. The van der Waals surface area contributed by atoms with Gasteiger partial charge in [0, 0.05) is 16.6 Å². The molecule has 90 valence electrons. The van der Waals surface area contributed by atoms with Gasteiger partial charge in [-0.15, -0.1) is 10.2 Å². The standard InChI is InChI=1S/C12H15BrN4/c1-3-17-11(7-14)15-16-12(17)9-4-5-10(13)8(2)6-9/h4-6H,3,7,14H2,1-2H3. The van der Waals surface area contributed by atoms with Crippen LogP contribution < -0.4 is 5.73 Å². The van der Waals surface area contributed by atoms with Crippen molar-refractivity contribution in [1.29, 1.82) is 0 Å². The second-order valence-corrected chi connectivity index (χ2v) is 4.71. The van der Waals surface area contributed by atoms with Crippen LogP contribution in [-0.4, -0.2) is 14.8 Å². The molecule has 0 saturated heterocycles. The predicted molar refractivity (Wildman–Crippen MR) is 71.5 cm³/mol. The third-order valence-electron chi connectivity index (χ3n) is 2.74. The number of nitrogens with two attached hydrogens (primary N) is 1. The SMILES string of the molecule is CCn1c(CN)nnc1-c1ccc(Br)c(C)c1. The van der Waals surface area contributed by atoms with Crippen LogP contribution in [0.15, 0.2) is 22.7 Å². The van der Waals surface area contributed by atoms with Crippen molar-refractivity contribution in [2.45, 2.75) is 26.9 Å². The minimum Gasteiger partial charge on any atom is -0.324 e. The molecule has 1 aromatic heterocycles. The Hall–Kier alpha value is -1.20. The van der Waals surface area contributed by atoms with Crippen molar-refractivity contribution in [3.05, 3.63) is 34.1 Å². The number of aryl methyl sites for hydroxylation is 1. The van der Waals surface area contributed by atoms with Crippen LogP contribution in [0.1, 0.15) is 18.3 Å². The van der Waals surface area contributed by atoms with Gasteiger partial charge in [0.2, 0.25) is 0 Å². The first-order chi connectivity index (χ1) is 8.17. The number of halogens is 1. The highest BCUT2D eigenvalue weighted by Gasteiger charge is 2.11. The molecule has 2 N–H and O–H groups in total. The third kappa shape index (κ3) is 2.25. The summed E-state index contributed by atoms with van der Waals surface area (Å²) in [6.45, 7) is 5.36. The van der Waals surface area contributed by atoms with Crippen molar-refractivity contribution in [3.8, 4) is 11.4 Å². The van der Waals surface area contributed by atoms with Gasteiger partial charge in [-0.25, -0.2) is 0 Å². The van der Waals surface area contributed by atoms with Gasteiger partial charge in [-0.1, -0.05) is 22.0 Å². The molecule has 0 fully saturated rings. The monoisotopic (exact) mass is 294 g/mol. The summed E-state index contributed by atoms with van der Waals surface area (Å²) in [6.07, 6.45) is 0. The summed E-state index contributed by atoms with van der Waals surface area (Å²) >= 11 is 3.49. The molecular weight excluding hydrogens is 280 g/mol. The fourth-order valence-electron chi connectivity index (χ4n) is 1.82. The molecule has 0 unspecified atom stereocenters. The van der Waals surface area contributed by atoms with E-state index in [-0.39, 0.29) is 0 Å². The van der Waals surface area contributed by atoms with Crippen molar-refractivity contribution >= 4 is 15.9 Å². The molecule has 5 heteroatoms. The molecule has 2 aromatic rings. The smallest absolute Gasteiger partial charge is 0.163 e. The van der Waals surface area contributed by atoms with E-state index in [0.717, 1.165) is 28.2 Å². The highest BCUT2D eigenvalue weighted by atomic mass is 79.9. The van der Waals surface area contributed by atoms with E-state index in [9.17, 15) is 0 Å². The van der Waals surface area contributed by atoms with Gasteiger partial charge in [-0.05, 0) is 31.5 Å². The molecule has 4 nitrogen and oxygen atoms in total. The molecule has 0 aliphatic carbocycles. The van der Waals surface area contributed by atoms with Crippen LogP contribution in [0.5, 0.6) is 0 Å². The van der Waals surface area contributed by atoms with Gasteiger partial charge in [0.1, 0.15) is 5.82 Å². The minimum absolute atomic E-state index is 0.413. The van der Waals surface area contributed by atoms with Gasteiger partial charge in [-0.2, -0.15) is 0 Å². The van der Waals surface area contributed by atoms with E-state index in [1.807, 2.05) is 16.7 Å². The largest absolute Gasteiger partial charge is 0.324 e. The Kier molecular flexibility index (Phi) is 3.59. The Balaban J connectivity index is 2.52. The topological polar surface area (TPSA) is 56.7 Å². The van der Waals surface area contributed by atoms with Crippen molar-refractivity contribution in [1.82, 2.24) is 14.8 Å². The van der Waals surface area contributed by atoms with Gasteiger partial charge >= 0.3 is 0 Å². The molecule has 0 bridgehead atoms. The van der Waals surface area contributed by atoms with Crippen molar-refractivity contribution < 1.29 is 0 Å². The Morgan fingerprint density at radius 1 is 1.35 bits per heavy atom. The zero-order valence-electron chi connectivity index (χ0n) is 9.94. The zero-order chi connectivity index (χ0) is 12.4. The van der Waals surface area contributed by atoms with Crippen molar-refractivity contribution in [2.75, 3.05) is 0 Å². The van der Waals surface area contributed by atoms with E-state index >= 15 is 0 Å². The van der Waals surface area contributed by atoms with Gasteiger partial charge in [0.15, 0.2) is 5.82 Å². The van der Waals surface area contributed by atoms with E-state index in [0.29, 0.717) is 6.54 Å². The highest BCUT2D eigenvalue weighted by Crippen LogP contribution is 2.24. The molecule has 0 aliphatic rings. The molecule has 1 heterocycles. The first-order valence-corrected chi connectivity index (χ1v) is 6.35. The average Bonchev–Trinajstić information content (AvgIpc) is 2.75. The highest BCUT2D eigenvalue weighted by molar-refractivity contribution is 9.10. The van der Waals surface area contributed by atoms with Gasteiger partial charge in [-0.3, -0.25) is 0 Å². The van der Waals surface area contributed by atoms with Crippen molar-refractivity contribution in [3.63, 3.8) is 0 Å². The lowest BCUT2D eigenvalue weighted by Crippen LogP contribution is -2.08. The maximum Gasteiger partial charge on any atom is 0.163 e. The summed E-state index contributed by atoms with van der Waals surface area (Å²) in [5.41, 5.74) is 7.89. The Labute approximate surface area is 109 Å². The van der Waals surface area contributed by atoms with Gasteiger partial charge < -0.3 is 10.3 Å². The van der Waals surface area contributed by atoms with Crippen LogP contribution in [0, 0.1) is 6.92 Å². The third-order valence-corrected chi connectivity index (χ3v) is 3.63. The van der Waals surface area contributed by atoms with Crippen LogP contribution in [0.4, 0.5) is 0 Å². The number of hydrogen-bond donors (Lipinski definition) is 1. The summed E-state index contributed by atoms with van der Waals surface area (Å²) in [6, 6.07) is 6.16. The number of rotatable bonds is 3. The molecule has 17 heavy (non-hydrogen) atoms. The van der Waals surface area contributed by atoms with E-state index in [1.165, 1.54) is 5.56 Å². The maximum absolute atomic E-state index is 5.64. The fourth-order valence-corrected chi connectivity index (χ4v) is 2.06. The zero-order valence-corrected chi connectivity index (χ0v) is 11.5. The number of benzene rings is 1. The first-order valence-electron chi connectivity index (χ1n) is 5.56. The summed E-state index contributed by atoms with van der Waals surface area (Å²) in [5.74, 6) is 1.70. The summed E-state index contributed by atoms with van der Waals surface area (Å²) in [4.78, 5) is 0. The van der Waals surface area contributed by atoms with Crippen LogP contribution >= 0.6 is 15.9 Å². The molecule has 0 amide bonds. The summed E-state index contributed by atoms with van der Waals surface area (Å²) in [7, 11) is 0. The van der Waals surface area contributed by atoms with E-state index < -0.39 is 0 Å². The van der Waals surface area contributed by atoms with E-state index in [2.05, 4.69) is 46.0 Å².